The smallest absolute Gasteiger partial charge is 0.173 e. The molecule has 7 nitrogen and oxygen atoms in total. The molecule has 0 aliphatic rings. The number of fused-ring (bicyclic) bond motifs is 2. The van der Waals surface area contributed by atoms with Gasteiger partial charge in [0.05, 0.1) is 39.6 Å². The molecule has 0 aliphatic carbocycles. The van der Waals surface area contributed by atoms with Gasteiger partial charge >= 0.3 is 0 Å². The van der Waals surface area contributed by atoms with Gasteiger partial charge in [0.25, 0.3) is 0 Å². The SMILES string of the molecule is COc1c(OC)c(-c2c[nH]c3cc(CC=C(C)C)ccc23)c(OC)c(OC)c1-c1c[nH]c2cc(O)ccc12. The minimum Gasteiger partial charge on any atom is -0.508 e. The summed E-state index contributed by atoms with van der Waals surface area (Å²) in [6.45, 7) is 4.21. The second-order valence-corrected chi connectivity index (χ2v) is 9.38. The zero-order valence-electron chi connectivity index (χ0n) is 22.5. The summed E-state index contributed by atoms with van der Waals surface area (Å²) in [4.78, 5) is 6.65. The van der Waals surface area contributed by atoms with E-state index in [1.54, 1.807) is 40.6 Å². The van der Waals surface area contributed by atoms with Gasteiger partial charge in [-0.3, -0.25) is 0 Å². The van der Waals surface area contributed by atoms with Crippen molar-refractivity contribution in [3.63, 3.8) is 0 Å². The van der Waals surface area contributed by atoms with Crippen LogP contribution in [0, 0.1) is 0 Å². The largest absolute Gasteiger partial charge is 0.508 e. The fourth-order valence-corrected chi connectivity index (χ4v) is 5.08. The molecule has 0 atom stereocenters. The number of phenolic OH excluding ortho intramolecular Hbond substituents is 1. The Labute approximate surface area is 221 Å². The zero-order chi connectivity index (χ0) is 27.0. The lowest BCUT2D eigenvalue weighted by Crippen LogP contribution is -2.02. The molecule has 5 aromatic rings. The highest BCUT2D eigenvalue weighted by Gasteiger charge is 2.31. The van der Waals surface area contributed by atoms with Crippen molar-refractivity contribution in [2.75, 3.05) is 28.4 Å². The van der Waals surface area contributed by atoms with E-state index in [4.69, 9.17) is 18.9 Å². The molecule has 0 unspecified atom stereocenters. The Kier molecular flexibility index (Phi) is 6.68. The Morgan fingerprint density at radius 2 is 1.18 bits per heavy atom. The summed E-state index contributed by atoms with van der Waals surface area (Å²) in [5, 5.41) is 11.9. The lowest BCUT2D eigenvalue weighted by Gasteiger charge is -2.23. The Balaban J connectivity index is 1.79. The van der Waals surface area contributed by atoms with E-state index in [9.17, 15) is 5.11 Å². The number of aromatic nitrogens is 2. The molecular formula is C31H32N2O5. The van der Waals surface area contributed by atoms with Crippen molar-refractivity contribution < 1.29 is 24.1 Å². The molecule has 0 radical (unpaired) electrons. The fourth-order valence-electron chi connectivity index (χ4n) is 5.08. The number of aromatic hydroxyl groups is 1. The summed E-state index contributed by atoms with van der Waals surface area (Å²) in [5.74, 6) is 2.27. The van der Waals surface area contributed by atoms with Crippen molar-refractivity contribution in [1.29, 1.82) is 0 Å². The molecule has 0 fully saturated rings. The molecule has 7 heteroatoms. The summed E-state index contributed by atoms with van der Waals surface area (Å²) >= 11 is 0. The number of hydrogen-bond donors (Lipinski definition) is 3. The van der Waals surface area contributed by atoms with Crippen LogP contribution in [-0.2, 0) is 6.42 Å². The summed E-state index contributed by atoms with van der Waals surface area (Å²) < 4.78 is 24.0. The van der Waals surface area contributed by atoms with Gasteiger partial charge < -0.3 is 34.0 Å². The Bertz CT molecular complexity index is 1640. The third-order valence-electron chi connectivity index (χ3n) is 6.83. The second kappa shape index (κ2) is 10.1. The normalized spacial score (nSPS) is 11.1. The molecule has 0 spiro atoms. The maximum atomic E-state index is 9.96. The maximum Gasteiger partial charge on any atom is 0.173 e. The van der Waals surface area contributed by atoms with Crippen LogP contribution in [0.4, 0.5) is 0 Å². The van der Waals surface area contributed by atoms with Crippen LogP contribution in [0.25, 0.3) is 44.1 Å². The Morgan fingerprint density at radius 1 is 0.711 bits per heavy atom. The topological polar surface area (TPSA) is 88.7 Å². The molecule has 3 N–H and O–H groups in total. The third-order valence-corrected chi connectivity index (χ3v) is 6.83. The lowest BCUT2D eigenvalue weighted by molar-refractivity contribution is 0.333. The predicted octanol–water partition coefficient (Wildman–Crippen LogP) is 7.23. The second-order valence-electron chi connectivity index (χ2n) is 9.38. The van der Waals surface area contributed by atoms with Crippen molar-refractivity contribution in [1.82, 2.24) is 9.97 Å². The Morgan fingerprint density at radius 3 is 1.66 bits per heavy atom. The van der Waals surface area contributed by atoms with Crippen molar-refractivity contribution in [2.24, 2.45) is 0 Å². The molecule has 196 valence electrons. The average Bonchev–Trinajstić information content (AvgIpc) is 3.53. The van der Waals surface area contributed by atoms with Crippen LogP contribution in [0.3, 0.4) is 0 Å². The van der Waals surface area contributed by atoms with Gasteiger partial charge in [0, 0.05) is 51.4 Å². The lowest BCUT2D eigenvalue weighted by atomic mass is 9.94. The molecule has 3 aromatic carbocycles. The monoisotopic (exact) mass is 512 g/mol. The van der Waals surface area contributed by atoms with E-state index in [0.717, 1.165) is 44.9 Å². The van der Waals surface area contributed by atoms with Crippen LogP contribution in [-0.4, -0.2) is 43.5 Å². The first-order valence-electron chi connectivity index (χ1n) is 12.4. The van der Waals surface area contributed by atoms with Gasteiger partial charge in [-0.05, 0) is 44.0 Å². The number of aromatic amines is 2. The molecule has 2 aromatic heterocycles. The summed E-state index contributed by atoms with van der Waals surface area (Å²) in [6, 6.07) is 11.6. The molecule has 0 saturated heterocycles. The first-order valence-corrected chi connectivity index (χ1v) is 12.4. The Hall–Kier alpha value is -4.52. The summed E-state index contributed by atoms with van der Waals surface area (Å²) in [7, 11) is 6.47. The standard InChI is InChI=1S/C31H32N2O5/c1-17(2)7-8-18-9-11-20-22(15-32-24(20)13-18)26-28(35-3)30(37-5)27(31(38-6)29(26)36-4)23-16-33-25-14-19(34)10-12-21(23)25/h7,9-16,32-34H,8H2,1-6H3. The van der Waals surface area contributed by atoms with Gasteiger partial charge in [-0.1, -0.05) is 23.8 Å². The van der Waals surface area contributed by atoms with Crippen LogP contribution in [0.5, 0.6) is 28.7 Å². The zero-order valence-corrected chi connectivity index (χ0v) is 22.5. The molecule has 0 saturated carbocycles. The molecule has 0 amide bonds. The highest BCUT2D eigenvalue weighted by atomic mass is 16.5. The van der Waals surface area contributed by atoms with Crippen LogP contribution < -0.4 is 18.9 Å². The minimum atomic E-state index is 0.179. The van der Waals surface area contributed by atoms with Crippen molar-refractivity contribution in [3.05, 3.63) is 66.0 Å². The molecule has 38 heavy (non-hydrogen) atoms. The number of hydrogen-bond acceptors (Lipinski definition) is 5. The first kappa shape index (κ1) is 25.1. The van der Waals surface area contributed by atoms with Crippen molar-refractivity contribution in [3.8, 4) is 51.0 Å². The van der Waals surface area contributed by atoms with Crippen molar-refractivity contribution in [2.45, 2.75) is 20.3 Å². The van der Waals surface area contributed by atoms with Gasteiger partial charge in [-0.15, -0.1) is 0 Å². The number of nitrogens with one attached hydrogen (secondary N) is 2. The van der Waals surface area contributed by atoms with Crippen LogP contribution >= 0.6 is 0 Å². The molecule has 0 aliphatic heterocycles. The molecule has 5 rings (SSSR count). The number of allylic oxidation sites excluding steroid dienone is 2. The quantitative estimate of drug-likeness (QED) is 0.191. The van der Waals surface area contributed by atoms with E-state index in [0.29, 0.717) is 28.6 Å². The van der Waals surface area contributed by atoms with Gasteiger partial charge in [-0.2, -0.15) is 0 Å². The van der Waals surface area contributed by atoms with E-state index in [-0.39, 0.29) is 5.75 Å². The molecule has 0 bridgehead atoms. The third kappa shape index (κ3) is 4.10. The number of rotatable bonds is 8. The highest BCUT2D eigenvalue weighted by Crippen LogP contribution is 2.58. The average molecular weight is 513 g/mol. The molecular weight excluding hydrogens is 480 g/mol. The first-order chi connectivity index (χ1) is 18.4. The fraction of sp³-hybridized carbons (Fsp3) is 0.226. The van der Waals surface area contributed by atoms with E-state index < -0.39 is 0 Å². The van der Waals surface area contributed by atoms with E-state index in [1.165, 1.54) is 11.1 Å². The van der Waals surface area contributed by atoms with Gasteiger partial charge in [0.1, 0.15) is 5.75 Å². The number of H-pyrrole nitrogens is 2. The van der Waals surface area contributed by atoms with Gasteiger partial charge in [0.15, 0.2) is 23.0 Å². The summed E-state index contributed by atoms with van der Waals surface area (Å²) in [6.07, 6.45) is 6.92. The number of phenols is 1. The van der Waals surface area contributed by atoms with E-state index in [1.807, 2.05) is 18.5 Å². The van der Waals surface area contributed by atoms with Gasteiger partial charge in [-0.25, -0.2) is 0 Å². The van der Waals surface area contributed by atoms with Crippen LogP contribution in [0.1, 0.15) is 19.4 Å². The number of benzene rings is 3. The predicted molar refractivity (Wildman–Crippen MR) is 152 cm³/mol. The van der Waals surface area contributed by atoms with E-state index in [2.05, 4.69) is 48.1 Å². The van der Waals surface area contributed by atoms with Crippen LogP contribution in [0.15, 0.2) is 60.4 Å². The maximum absolute atomic E-state index is 9.96. The van der Waals surface area contributed by atoms with Crippen LogP contribution in [0.2, 0.25) is 0 Å². The van der Waals surface area contributed by atoms with Gasteiger partial charge in [0.2, 0.25) is 0 Å². The number of methoxy groups -OCH3 is 4. The number of ether oxygens (including phenoxy) is 4. The molecule has 2 heterocycles. The van der Waals surface area contributed by atoms with E-state index >= 15 is 0 Å². The minimum absolute atomic E-state index is 0.179. The summed E-state index contributed by atoms with van der Waals surface area (Å²) in [5.41, 5.74) is 7.48. The van der Waals surface area contributed by atoms with Crippen molar-refractivity contribution >= 4 is 21.8 Å². The highest BCUT2D eigenvalue weighted by molar-refractivity contribution is 6.06.